The number of rotatable bonds is 5. The van der Waals surface area contributed by atoms with Crippen molar-refractivity contribution in [1.29, 1.82) is 0 Å². The molecule has 1 aliphatic heterocycles. The van der Waals surface area contributed by atoms with Gasteiger partial charge in [0.1, 0.15) is 12.4 Å². The summed E-state index contributed by atoms with van der Waals surface area (Å²) in [6.07, 6.45) is 7.35. The molecule has 2 aromatic carbocycles. The van der Waals surface area contributed by atoms with Gasteiger partial charge in [-0.1, -0.05) is 36.4 Å². The topological polar surface area (TPSA) is 72.5 Å². The fraction of sp³-hybridized carbons (Fsp3) is 0.348. The standard InChI is InChI=1S/C23H25NO4S/c25-23-14-21(16-29(26,27)24-23)19-9-11-22(12-10-19)28-15-17-5-4-8-20(13-17)18-6-2-1-3-7-18/h4-6,8-13,21H,1-3,7,14-16H2,(H,24,25). The van der Waals surface area contributed by atoms with Crippen molar-refractivity contribution in [2.24, 2.45) is 0 Å². The Hall–Kier alpha value is -2.60. The van der Waals surface area contributed by atoms with Gasteiger partial charge in [-0.25, -0.2) is 8.42 Å². The molecule has 1 atom stereocenters. The highest BCUT2D eigenvalue weighted by atomic mass is 32.2. The predicted octanol–water partition coefficient (Wildman–Crippen LogP) is 4.16. The average Bonchev–Trinajstić information content (AvgIpc) is 2.72. The SMILES string of the molecule is O=C1CC(c2ccc(OCc3cccc(C4=CCCCC4)c3)cc2)CS(=O)(=O)N1. The third-order valence-corrected chi connectivity index (χ3v) is 6.85. The van der Waals surface area contributed by atoms with Gasteiger partial charge in [-0.3, -0.25) is 9.52 Å². The van der Waals surface area contributed by atoms with E-state index in [-0.39, 0.29) is 18.1 Å². The van der Waals surface area contributed by atoms with E-state index >= 15 is 0 Å². The molecule has 2 aliphatic rings. The maximum Gasteiger partial charge on any atom is 0.235 e. The second kappa shape index (κ2) is 8.41. The third-order valence-electron chi connectivity index (χ3n) is 5.47. The van der Waals surface area contributed by atoms with Crippen LogP contribution in [-0.4, -0.2) is 20.1 Å². The highest BCUT2D eigenvalue weighted by molar-refractivity contribution is 7.90. The second-order valence-corrected chi connectivity index (χ2v) is 9.51. The first-order chi connectivity index (χ1) is 14.0. The molecule has 152 valence electrons. The summed E-state index contributed by atoms with van der Waals surface area (Å²) in [5, 5.41) is 0. The lowest BCUT2D eigenvalue weighted by molar-refractivity contribution is -0.119. The molecule has 0 saturated carbocycles. The van der Waals surface area contributed by atoms with E-state index in [0.717, 1.165) is 29.7 Å². The summed E-state index contributed by atoms with van der Waals surface area (Å²) < 4.78 is 31.5. The zero-order chi connectivity index (χ0) is 20.3. The van der Waals surface area contributed by atoms with Gasteiger partial charge in [-0.05, 0) is 66.1 Å². The van der Waals surface area contributed by atoms with Gasteiger partial charge in [0.2, 0.25) is 15.9 Å². The van der Waals surface area contributed by atoms with Crippen molar-refractivity contribution >= 4 is 21.5 Å². The minimum absolute atomic E-state index is 0.0679. The van der Waals surface area contributed by atoms with Crippen molar-refractivity contribution in [3.8, 4) is 5.75 Å². The van der Waals surface area contributed by atoms with Gasteiger partial charge < -0.3 is 4.74 Å². The fourth-order valence-corrected chi connectivity index (χ4v) is 5.34. The third kappa shape index (κ3) is 5.07. The first-order valence-corrected chi connectivity index (χ1v) is 11.7. The smallest absolute Gasteiger partial charge is 0.235 e. The predicted molar refractivity (Wildman–Crippen MR) is 113 cm³/mol. The lowest BCUT2D eigenvalue weighted by Crippen LogP contribution is -2.40. The quantitative estimate of drug-likeness (QED) is 0.802. The number of carbonyl (C=O) groups is 1. The summed E-state index contributed by atoms with van der Waals surface area (Å²) in [5.74, 6) is -0.112. The van der Waals surface area contributed by atoms with E-state index in [1.807, 2.05) is 29.0 Å². The molecule has 1 amide bonds. The lowest BCUT2D eigenvalue weighted by Gasteiger charge is -2.22. The summed E-state index contributed by atoms with van der Waals surface area (Å²) >= 11 is 0. The van der Waals surface area contributed by atoms with Gasteiger partial charge in [0.15, 0.2) is 0 Å². The van der Waals surface area contributed by atoms with Crippen LogP contribution in [0.1, 0.15) is 54.7 Å². The zero-order valence-electron chi connectivity index (χ0n) is 16.3. The molecule has 1 heterocycles. The van der Waals surface area contributed by atoms with Crippen LogP contribution in [0.4, 0.5) is 0 Å². The Labute approximate surface area is 171 Å². The van der Waals surface area contributed by atoms with Crippen LogP contribution in [0.25, 0.3) is 5.57 Å². The number of allylic oxidation sites excluding steroid dienone is 2. The Balaban J connectivity index is 1.40. The van der Waals surface area contributed by atoms with Crippen molar-refractivity contribution in [3.05, 3.63) is 71.3 Å². The minimum Gasteiger partial charge on any atom is -0.489 e. The molecule has 29 heavy (non-hydrogen) atoms. The average molecular weight is 412 g/mol. The Kier molecular flexibility index (Phi) is 5.72. The molecule has 1 N–H and O–H groups in total. The number of nitrogens with one attached hydrogen (secondary N) is 1. The molecule has 0 radical (unpaired) electrons. The van der Waals surface area contributed by atoms with Crippen LogP contribution in [0.2, 0.25) is 0 Å². The van der Waals surface area contributed by atoms with E-state index < -0.39 is 15.9 Å². The van der Waals surface area contributed by atoms with Crippen LogP contribution in [0, 0.1) is 0 Å². The van der Waals surface area contributed by atoms with Crippen LogP contribution in [0.5, 0.6) is 5.75 Å². The molecule has 1 saturated heterocycles. The molecule has 0 aromatic heterocycles. The van der Waals surface area contributed by atoms with Gasteiger partial charge in [0, 0.05) is 12.3 Å². The monoisotopic (exact) mass is 411 g/mol. The summed E-state index contributed by atoms with van der Waals surface area (Å²) in [6.45, 7) is 0.473. The summed E-state index contributed by atoms with van der Waals surface area (Å²) in [4.78, 5) is 11.6. The number of hydrogen-bond donors (Lipinski definition) is 1. The lowest BCUT2D eigenvalue weighted by atomic mass is 9.93. The largest absolute Gasteiger partial charge is 0.489 e. The highest BCUT2D eigenvalue weighted by Crippen LogP contribution is 2.28. The molecule has 1 fully saturated rings. The van der Waals surface area contributed by atoms with Crippen molar-refractivity contribution in [1.82, 2.24) is 4.72 Å². The summed E-state index contributed by atoms with van der Waals surface area (Å²) in [5.41, 5.74) is 4.65. The maximum absolute atomic E-state index is 11.8. The van der Waals surface area contributed by atoms with Crippen LogP contribution in [0.3, 0.4) is 0 Å². The number of ether oxygens (including phenoxy) is 1. The van der Waals surface area contributed by atoms with E-state index in [2.05, 4.69) is 30.3 Å². The second-order valence-electron chi connectivity index (χ2n) is 7.74. The Morgan fingerprint density at radius 3 is 2.62 bits per heavy atom. The Bertz CT molecular complexity index is 1030. The summed E-state index contributed by atoms with van der Waals surface area (Å²) in [7, 11) is -3.53. The minimum atomic E-state index is -3.53. The van der Waals surface area contributed by atoms with Crippen molar-refractivity contribution in [3.63, 3.8) is 0 Å². The molecule has 0 bridgehead atoms. The molecule has 5 nitrogen and oxygen atoms in total. The van der Waals surface area contributed by atoms with E-state index in [9.17, 15) is 13.2 Å². The van der Waals surface area contributed by atoms with E-state index in [1.54, 1.807) is 0 Å². The maximum atomic E-state index is 11.8. The van der Waals surface area contributed by atoms with E-state index in [4.69, 9.17) is 4.74 Å². The molecular formula is C23H25NO4S. The molecule has 4 rings (SSSR count). The number of amides is 1. The molecular weight excluding hydrogens is 386 g/mol. The number of carbonyl (C=O) groups excluding carboxylic acids is 1. The zero-order valence-corrected chi connectivity index (χ0v) is 17.1. The van der Waals surface area contributed by atoms with Crippen molar-refractivity contribution in [2.75, 3.05) is 5.75 Å². The van der Waals surface area contributed by atoms with Crippen LogP contribution < -0.4 is 9.46 Å². The van der Waals surface area contributed by atoms with Crippen LogP contribution in [0.15, 0.2) is 54.6 Å². The summed E-state index contributed by atoms with van der Waals surface area (Å²) in [6, 6.07) is 15.8. The van der Waals surface area contributed by atoms with Gasteiger partial charge in [-0.2, -0.15) is 0 Å². The Morgan fingerprint density at radius 1 is 1.07 bits per heavy atom. The van der Waals surface area contributed by atoms with Crippen LogP contribution in [-0.2, 0) is 21.4 Å². The number of hydrogen-bond acceptors (Lipinski definition) is 4. The molecule has 2 aromatic rings. The van der Waals surface area contributed by atoms with Gasteiger partial charge in [0.25, 0.3) is 0 Å². The normalized spacial score (nSPS) is 21.2. The first-order valence-electron chi connectivity index (χ1n) is 10.0. The van der Waals surface area contributed by atoms with Crippen LogP contribution >= 0.6 is 0 Å². The molecule has 1 unspecified atom stereocenters. The van der Waals surface area contributed by atoms with Crippen molar-refractivity contribution in [2.45, 2.75) is 44.6 Å². The molecule has 1 aliphatic carbocycles. The van der Waals surface area contributed by atoms with Gasteiger partial charge in [0.05, 0.1) is 5.75 Å². The van der Waals surface area contributed by atoms with Gasteiger partial charge >= 0.3 is 0 Å². The highest BCUT2D eigenvalue weighted by Gasteiger charge is 2.30. The first kappa shape index (κ1) is 19.7. The molecule has 6 heteroatoms. The van der Waals surface area contributed by atoms with E-state index in [0.29, 0.717) is 6.61 Å². The molecule has 0 spiro atoms. The number of benzene rings is 2. The number of sulfonamides is 1. The van der Waals surface area contributed by atoms with Gasteiger partial charge in [-0.15, -0.1) is 0 Å². The van der Waals surface area contributed by atoms with E-state index in [1.165, 1.54) is 24.0 Å². The Morgan fingerprint density at radius 2 is 1.90 bits per heavy atom. The van der Waals surface area contributed by atoms with Crippen molar-refractivity contribution < 1.29 is 17.9 Å². The fourth-order valence-electron chi connectivity index (χ4n) is 3.98.